The fraction of sp³-hybridized carbons (Fsp3) is 0.148. The Bertz CT molecular complexity index is 1760. The fourth-order valence-corrected chi connectivity index (χ4v) is 4.00. The monoisotopic (exact) mass is 489 g/mol. The van der Waals surface area contributed by atoms with Crippen LogP contribution in [0.4, 0.5) is 5.69 Å². The van der Waals surface area contributed by atoms with Crippen LogP contribution in [0.15, 0.2) is 67.6 Å². The van der Waals surface area contributed by atoms with Gasteiger partial charge in [0.15, 0.2) is 5.82 Å². The number of imidazole rings is 1. The summed E-state index contributed by atoms with van der Waals surface area (Å²) in [6, 6.07) is 7.66. The van der Waals surface area contributed by atoms with Crippen LogP contribution in [0.2, 0.25) is 0 Å². The Morgan fingerprint density at radius 2 is 1.76 bits per heavy atom. The van der Waals surface area contributed by atoms with Crippen molar-refractivity contribution in [3.8, 4) is 33.9 Å². The lowest BCUT2D eigenvalue weighted by molar-refractivity contribution is -0.123. The van der Waals surface area contributed by atoms with Crippen molar-refractivity contribution in [3.05, 3.63) is 67.6 Å². The van der Waals surface area contributed by atoms with Crippen molar-refractivity contribution >= 4 is 33.5 Å². The molecule has 37 heavy (non-hydrogen) atoms. The van der Waals surface area contributed by atoms with E-state index < -0.39 is 5.41 Å². The average Bonchev–Trinajstić information content (AvgIpc) is 3.52. The topological polar surface area (TPSA) is 138 Å². The number of anilines is 1. The number of rotatable bonds is 4. The lowest BCUT2D eigenvalue weighted by Crippen LogP contribution is -2.27. The van der Waals surface area contributed by atoms with Gasteiger partial charge < -0.3 is 10.3 Å². The Hall–Kier alpha value is -4.99. The predicted molar refractivity (Wildman–Crippen MR) is 141 cm³/mol. The van der Waals surface area contributed by atoms with E-state index in [1.54, 1.807) is 43.4 Å². The van der Waals surface area contributed by atoms with Gasteiger partial charge in [-0.25, -0.2) is 4.98 Å². The number of hydrogen-bond donors (Lipinski definition) is 3. The molecule has 0 unspecified atom stereocenters. The number of nitrogens with one attached hydrogen (secondary N) is 3. The lowest BCUT2D eigenvalue weighted by Gasteiger charge is -2.17. The summed E-state index contributed by atoms with van der Waals surface area (Å²) in [6.45, 7) is 5.59. The standard InChI is InChI=1S/C27H23N9O/c1-27(2,3)26(37)32-17-7-16(10-29-11-17)20-8-18-21(14-31-20)35-36-24(18)25-33-22-13-30-12-19(23(22)34-25)15-5-4-6-28-9-15/h4-14H,1-3H3,(H,32,37)(H,33,34)(H,35,36). The third-order valence-electron chi connectivity index (χ3n) is 6.01. The van der Waals surface area contributed by atoms with Gasteiger partial charge in [0.05, 0.1) is 41.0 Å². The molecule has 0 aliphatic rings. The normalized spacial score (nSPS) is 11.8. The highest BCUT2D eigenvalue weighted by atomic mass is 16.2. The molecule has 0 aliphatic heterocycles. The van der Waals surface area contributed by atoms with Gasteiger partial charge in [-0.15, -0.1) is 0 Å². The van der Waals surface area contributed by atoms with Gasteiger partial charge in [-0.05, 0) is 18.2 Å². The SMILES string of the molecule is CC(C)(C)C(=O)Nc1cncc(-c2cc3c(-c4nc5c(-c6cccnc6)cncc5[nH]4)n[nH]c3cn2)c1. The minimum absolute atomic E-state index is 0.0861. The molecule has 0 radical (unpaired) electrons. The van der Waals surface area contributed by atoms with E-state index in [1.165, 1.54) is 0 Å². The first-order chi connectivity index (χ1) is 17.9. The van der Waals surface area contributed by atoms with Crippen LogP contribution in [0, 0.1) is 5.41 Å². The molecule has 6 aromatic heterocycles. The molecule has 0 saturated carbocycles. The summed E-state index contributed by atoms with van der Waals surface area (Å²) in [5, 5.41) is 11.3. The molecular formula is C27H23N9O. The van der Waals surface area contributed by atoms with Gasteiger partial charge in [-0.3, -0.25) is 29.8 Å². The first-order valence-electron chi connectivity index (χ1n) is 11.7. The summed E-state index contributed by atoms with van der Waals surface area (Å²) in [5.74, 6) is 0.526. The Kier molecular flexibility index (Phi) is 5.22. The maximum atomic E-state index is 12.4. The van der Waals surface area contributed by atoms with Crippen LogP contribution in [-0.4, -0.2) is 46.0 Å². The van der Waals surface area contributed by atoms with Gasteiger partial charge in [-0.2, -0.15) is 5.10 Å². The van der Waals surface area contributed by atoms with E-state index in [9.17, 15) is 4.79 Å². The first-order valence-corrected chi connectivity index (χ1v) is 11.7. The third-order valence-corrected chi connectivity index (χ3v) is 6.01. The number of H-pyrrole nitrogens is 2. The molecule has 0 fully saturated rings. The van der Waals surface area contributed by atoms with Crippen LogP contribution in [0.1, 0.15) is 20.8 Å². The van der Waals surface area contributed by atoms with E-state index >= 15 is 0 Å². The van der Waals surface area contributed by atoms with Crippen molar-refractivity contribution in [1.82, 2.24) is 40.1 Å². The van der Waals surface area contributed by atoms with Gasteiger partial charge in [0, 0.05) is 52.3 Å². The van der Waals surface area contributed by atoms with Gasteiger partial charge in [0.2, 0.25) is 5.91 Å². The van der Waals surface area contributed by atoms with Crippen LogP contribution in [0.3, 0.4) is 0 Å². The summed E-state index contributed by atoms with van der Waals surface area (Å²) < 4.78 is 0. The number of aromatic amines is 2. The third kappa shape index (κ3) is 4.18. The van der Waals surface area contributed by atoms with Crippen molar-refractivity contribution in [1.29, 1.82) is 0 Å². The van der Waals surface area contributed by atoms with Gasteiger partial charge in [0.1, 0.15) is 11.2 Å². The molecule has 0 atom stereocenters. The number of carbonyl (C=O) groups is 1. The average molecular weight is 490 g/mol. The van der Waals surface area contributed by atoms with E-state index in [0.717, 1.165) is 38.6 Å². The molecule has 0 saturated heterocycles. The molecule has 0 aliphatic carbocycles. The van der Waals surface area contributed by atoms with Crippen LogP contribution in [0.5, 0.6) is 0 Å². The maximum Gasteiger partial charge on any atom is 0.229 e. The van der Waals surface area contributed by atoms with Crippen molar-refractivity contribution in [2.45, 2.75) is 20.8 Å². The summed E-state index contributed by atoms with van der Waals surface area (Å²) in [7, 11) is 0. The molecule has 6 aromatic rings. The number of carbonyl (C=O) groups excluding carboxylic acids is 1. The second-order valence-corrected chi connectivity index (χ2v) is 9.76. The molecule has 1 amide bonds. The van der Waals surface area contributed by atoms with E-state index in [1.807, 2.05) is 45.0 Å². The molecule has 0 bridgehead atoms. The molecule has 6 rings (SSSR count). The number of hydrogen-bond acceptors (Lipinski definition) is 7. The molecular weight excluding hydrogens is 466 g/mol. The van der Waals surface area contributed by atoms with E-state index in [-0.39, 0.29) is 5.91 Å². The Labute approximate surface area is 211 Å². The highest BCUT2D eigenvalue weighted by Gasteiger charge is 2.21. The molecule has 182 valence electrons. The minimum atomic E-state index is -0.516. The summed E-state index contributed by atoms with van der Waals surface area (Å²) >= 11 is 0. The summed E-state index contributed by atoms with van der Waals surface area (Å²) in [4.78, 5) is 38.1. The molecule has 10 nitrogen and oxygen atoms in total. The Balaban J connectivity index is 1.40. The zero-order valence-electron chi connectivity index (χ0n) is 20.4. The van der Waals surface area contributed by atoms with Crippen LogP contribution < -0.4 is 5.32 Å². The second-order valence-electron chi connectivity index (χ2n) is 9.76. The van der Waals surface area contributed by atoms with Gasteiger partial charge >= 0.3 is 0 Å². The van der Waals surface area contributed by atoms with Crippen LogP contribution in [-0.2, 0) is 4.79 Å². The van der Waals surface area contributed by atoms with E-state index in [0.29, 0.717) is 22.9 Å². The van der Waals surface area contributed by atoms with Crippen LogP contribution >= 0.6 is 0 Å². The number of fused-ring (bicyclic) bond motifs is 2. The quantitative estimate of drug-likeness (QED) is 0.317. The van der Waals surface area contributed by atoms with Crippen molar-refractivity contribution < 1.29 is 4.79 Å². The van der Waals surface area contributed by atoms with Gasteiger partial charge in [-0.1, -0.05) is 26.8 Å². The molecule has 10 heteroatoms. The highest BCUT2D eigenvalue weighted by Crippen LogP contribution is 2.32. The second kappa shape index (κ2) is 8.59. The fourth-order valence-electron chi connectivity index (χ4n) is 4.00. The molecule has 3 N–H and O–H groups in total. The van der Waals surface area contributed by atoms with E-state index in [4.69, 9.17) is 4.98 Å². The smallest absolute Gasteiger partial charge is 0.229 e. The first kappa shape index (κ1) is 22.5. The van der Waals surface area contributed by atoms with Crippen LogP contribution in [0.25, 0.3) is 55.8 Å². The van der Waals surface area contributed by atoms with Gasteiger partial charge in [0.25, 0.3) is 0 Å². The molecule has 0 aromatic carbocycles. The predicted octanol–water partition coefficient (Wildman–Crippen LogP) is 5.00. The van der Waals surface area contributed by atoms with E-state index in [2.05, 4.69) is 40.4 Å². The van der Waals surface area contributed by atoms with Crippen molar-refractivity contribution in [2.24, 2.45) is 5.41 Å². The zero-order chi connectivity index (χ0) is 25.6. The maximum absolute atomic E-state index is 12.4. The number of nitrogens with zero attached hydrogens (tertiary/aromatic N) is 6. The van der Waals surface area contributed by atoms with Crippen molar-refractivity contribution in [3.63, 3.8) is 0 Å². The highest BCUT2D eigenvalue weighted by molar-refractivity contribution is 5.98. The largest absolute Gasteiger partial charge is 0.335 e. The number of aromatic nitrogens is 8. The zero-order valence-corrected chi connectivity index (χ0v) is 20.4. The number of amides is 1. The Morgan fingerprint density at radius 3 is 2.57 bits per heavy atom. The lowest BCUT2D eigenvalue weighted by atomic mass is 9.95. The summed E-state index contributed by atoms with van der Waals surface area (Å²) in [6.07, 6.45) is 12.1. The summed E-state index contributed by atoms with van der Waals surface area (Å²) in [5.41, 5.74) is 6.41. The Morgan fingerprint density at radius 1 is 0.919 bits per heavy atom. The molecule has 6 heterocycles. The minimum Gasteiger partial charge on any atom is -0.335 e. The number of pyridine rings is 4. The van der Waals surface area contributed by atoms with Crippen molar-refractivity contribution in [2.75, 3.05) is 5.32 Å². The molecule has 0 spiro atoms.